The molecule has 0 fully saturated rings. The van der Waals surface area contributed by atoms with Crippen LogP contribution in [-0.4, -0.2) is 24.7 Å². The lowest BCUT2D eigenvalue weighted by Gasteiger charge is -2.13. The first-order valence-corrected chi connectivity index (χ1v) is 7.01. The van der Waals surface area contributed by atoms with Crippen molar-refractivity contribution in [3.8, 4) is 5.75 Å². The van der Waals surface area contributed by atoms with E-state index in [1.54, 1.807) is 25.3 Å². The molecule has 0 heterocycles. The number of rotatable bonds is 7. The number of nitrogens with one attached hydrogen (secondary N) is 1. The maximum absolute atomic E-state index is 11.1. The first-order chi connectivity index (χ1) is 10.6. The summed E-state index contributed by atoms with van der Waals surface area (Å²) in [5, 5.41) is 13.3. The summed E-state index contributed by atoms with van der Waals surface area (Å²) in [6.07, 6.45) is -0.606. The topological polar surface area (TPSA) is 84.6 Å². The van der Waals surface area contributed by atoms with Crippen LogP contribution >= 0.6 is 0 Å². The monoisotopic (exact) mass is 300 g/mol. The fourth-order valence-electron chi connectivity index (χ4n) is 2.13. The quantitative estimate of drug-likeness (QED) is 0.725. The SMILES string of the molecule is COc1ccc(C(O)CNCc2cccc(C(N)=O)c2)cc1. The highest BCUT2D eigenvalue weighted by Gasteiger charge is 2.07. The number of amides is 1. The maximum Gasteiger partial charge on any atom is 0.248 e. The standard InChI is InChI=1S/C17H20N2O3/c1-22-15-7-5-13(6-8-15)16(20)11-19-10-12-3-2-4-14(9-12)17(18)21/h2-9,16,19-20H,10-11H2,1H3,(H2,18,21). The molecule has 0 aliphatic rings. The lowest BCUT2D eigenvalue weighted by atomic mass is 10.1. The van der Waals surface area contributed by atoms with Crippen molar-refractivity contribution in [2.45, 2.75) is 12.6 Å². The molecular formula is C17H20N2O3. The highest BCUT2D eigenvalue weighted by molar-refractivity contribution is 5.92. The fraction of sp³-hybridized carbons (Fsp3) is 0.235. The second kappa shape index (κ2) is 7.59. The van der Waals surface area contributed by atoms with E-state index >= 15 is 0 Å². The number of methoxy groups -OCH3 is 1. The summed E-state index contributed by atoms with van der Waals surface area (Å²) in [6, 6.07) is 14.4. The molecule has 1 amide bonds. The van der Waals surface area contributed by atoms with Crippen LogP contribution in [0.2, 0.25) is 0 Å². The number of primary amides is 1. The first-order valence-electron chi connectivity index (χ1n) is 7.01. The predicted molar refractivity (Wildman–Crippen MR) is 84.6 cm³/mol. The molecule has 1 atom stereocenters. The summed E-state index contributed by atoms with van der Waals surface area (Å²) in [5.41, 5.74) is 7.49. The summed E-state index contributed by atoms with van der Waals surface area (Å²) in [4.78, 5) is 11.1. The van der Waals surface area contributed by atoms with Gasteiger partial charge < -0.3 is 20.9 Å². The molecule has 0 radical (unpaired) electrons. The van der Waals surface area contributed by atoms with E-state index in [1.165, 1.54) is 0 Å². The van der Waals surface area contributed by atoms with Crippen molar-refractivity contribution < 1.29 is 14.6 Å². The van der Waals surface area contributed by atoms with Crippen LogP contribution < -0.4 is 15.8 Å². The Hall–Kier alpha value is -2.37. The number of benzene rings is 2. The minimum atomic E-state index is -0.606. The van der Waals surface area contributed by atoms with E-state index in [-0.39, 0.29) is 0 Å². The third kappa shape index (κ3) is 4.31. The second-order valence-corrected chi connectivity index (χ2v) is 4.98. The Labute approximate surface area is 129 Å². The van der Waals surface area contributed by atoms with Gasteiger partial charge in [0.1, 0.15) is 5.75 Å². The lowest BCUT2D eigenvalue weighted by molar-refractivity contribution is 0.1000. The number of hydrogen-bond acceptors (Lipinski definition) is 4. The van der Waals surface area contributed by atoms with Gasteiger partial charge in [-0.1, -0.05) is 24.3 Å². The molecule has 0 saturated heterocycles. The molecule has 22 heavy (non-hydrogen) atoms. The highest BCUT2D eigenvalue weighted by atomic mass is 16.5. The summed E-state index contributed by atoms with van der Waals surface area (Å²) in [5.74, 6) is 0.312. The van der Waals surface area contributed by atoms with Crippen LogP contribution in [0.4, 0.5) is 0 Å². The van der Waals surface area contributed by atoms with Crippen molar-refractivity contribution in [1.29, 1.82) is 0 Å². The van der Waals surface area contributed by atoms with E-state index in [9.17, 15) is 9.90 Å². The Bertz CT molecular complexity index is 626. The Balaban J connectivity index is 1.87. The molecule has 5 nitrogen and oxygen atoms in total. The van der Waals surface area contributed by atoms with Gasteiger partial charge in [-0.25, -0.2) is 0 Å². The number of aliphatic hydroxyl groups is 1. The fourth-order valence-corrected chi connectivity index (χ4v) is 2.13. The van der Waals surface area contributed by atoms with Crippen LogP contribution in [0, 0.1) is 0 Å². The molecule has 0 aliphatic heterocycles. The third-order valence-corrected chi connectivity index (χ3v) is 3.38. The molecule has 0 spiro atoms. The van der Waals surface area contributed by atoms with E-state index in [1.807, 2.05) is 30.3 Å². The van der Waals surface area contributed by atoms with E-state index in [0.717, 1.165) is 16.9 Å². The van der Waals surface area contributed by atoms with Crippen LogP contribution in [0.25, 0.3) is 0 Å². The van der Waals surface area contributed by atoms with Gasteiger partial charge in [0.15, 0.2) is 0 Å². The maximum atomic E-state index is 11.1. The van der Waals surface area contributed by atoms with Crippen LogP contribution in [0.5, 0.6) is 5.75 Å². The van der Waals surface area contributed by atoms with Crippen molar-refractivity contribution in [3.05, 3.63) is 65.2 Å². The smallest absolute Gasteiger partial charge is 0.248 e. The normalized spacial score (nSPS) is 11.9. The Morgan fingerprint density at radius 3 is 2.64 bits per heavy atom. The average Bonchev–Trinajstić information content (AvgIpc) is 2.55. The van der Waals surface area contributed by atoms with Crippen molar-refractivity contribution in [1.82, 2.24) is 5.32 Å². The molecule has 0 saturated carbocycles. The summed E-state index contributed by atoms with van der Waals surface area (Å²) < 4.78 is 5.08. The molecular weight excluding hydrogens is 280 g/mol. The van der Waals surface area contributed by atoms with Gasteiger partial charge >= 0.3 is 0 Å². The Morgan fingerprint density at radius 1 is 1.27 bits per heavy atom. The lowest BCUT2D eigenvalue weighted by Crippen LogP contribution is -2.21. The van der Waals surface area contributed by atoms with Gasteiger partial charge in [0.25, 0.3) is 0 Å². The van der Waals surface area contributed by atoms with E-state index in [0.29, 0.717) is 18.7 Å². The second-order valence-electron chi connectivity index (χ2n) is 4.98. The van der Waals surface area contributed by atoms with Gasteiger partial charge in [-0.2, -0.15) is 0 Å². The molecule has 0 aromatic heterocycles. The predicted octanol–water partition coefficient (Wildman–Crippen LogP) is 1.62. The molecule has 2 rings (SSSR count). The highest BCUT2D eigenvalue weighted by Crippen LogP contribution is 2.17. The van der Waals surface area contributed by atoms with Gasteiger partial charge in [-0.05, 0) is 35.4 Å². The number of hydrogen-bond donors (Lipinski definition) is 3. The minimum absolute atomic E-state index is 0.410. The molecule has 0 aliphatic carbocycles. The molecule has 1 unspecified atom stereocenters. The molecule has 4 N–H and O–H groups in total. The third-order valence-electron chi connectivity index (χ3n) is 3.38. The van der Waals surface area contributed by atoms with Gasteiger partial charge in [-0.3, -0.25) is 4.79 Å². The van der Waals surface area contributed by atoms with Gasteiger partial charge in [-0.15, -0.1) is 0 Å². The summed E-state index contributed by atoms with van der Waals surface area (Å²) in [7, 11) is 1.60. The van der Waals surface area contributed by atoms with Crippen LogP contribution in [0.15, 0.2) is 48.5 Å². The molecule has 2 aromatic rings. The zero-order valence-corrected chi connectivity index (χ0v) is 12.5. The van der Waals surface area contributed by atoms with Crippen LogP contribution in [0.3, 0.4) is 0 Å². The van der Waals surface area contributed by atoms with Gasteiger partial charge in [0.2, 0.25) is 5.91 Å². The average molecular weight is 300 g/mol. The number of carbonyl (C=O) groups excluding carboxylic acids is 1. The van der Waals surface area contributed by atoms with Crippen LogP contribution in [-0.2, 0) is 6.54 Å². The number of aliphatic hydroxyl groups excluding tert-OH is 1. The largest absolute Gasteiger partial charge is 0.497 e. The van der Waals surface area contributed by atoms with E-state index in [4.69, 9.17) is 10.5 Å². The Kier molecular flexibility index (Phi) is 5.52. The molecule has 116 valence electrons. The first kappa shape index (κ1) is 16.0. The van der Waals surface area contributed by atoms with Crippen molar-refractivity contribution in [2.75, 3.05) is 13.7 Å². The van der Waals surface area contributed by atoms with Crippen molar-refractivity contribution in [2.24, 2.45) is 5.73 Å². The van der Waals surface area contributed by atoms with Gasteiger partial charge in [0, 0.05) is 18.7 Å². The van der Waals surface area contributed by atoms with E-state index in [2.05, 4.69) is 5.32 Å². The number of ether oxygens (including phenoxy) is 1. The number of nitrogens with two attached hydrogens (primary N) is 1. The van der Waals surface area contributed by atoms with Crippen LogP contribution in [0.1, 0.15) is 27.6 Å². The van der Waals surface area contributed by atoms with Crippen molar-refractivity contribution >= 4 is 5.91 Å². The number of carbonyl (C=O) groups is 1. The Morgan fingerprint density at radius 2 is 2.00 bits per heavy atom. The van der Waals surface area contributed by atoms with Crippen molar-refractivity contribution in [3.63, 3.8) is 0 Å². The zero-order valence-electron chi connectivity index (χ0n) is 12.5. The van der Waals surface area contributed by atoms with E-state index < -0.39 is 12.0 Å². The van der Waals surface area contributed by atoms with Gasteiger partial charge in [0.05, 0.1) is 13.2 Å². The molecule has 2 aromatic carbocycles. The summed E-state index contributed by atoms with van der Waals surface area (Å²) in [6.45, 7) is 0.960. The zero-order chi connectivity index (χ0) is 15.9. The molecule has 5 heteroatoms. The minimum Gasteiger partial charge on any atom is -0.497 e. The molecule has 0 bridgehead atoms. The summed E-state index contributed by atoms with van der Waals surface area (Å²) >= 11 is 0.